The molecule has 1 aromatic carbocycles. The van der Waals surface area contributed by atoms with Crippen LogP contribution in [0.5, 0.6) is 0 Å². The maximum absolute atomic E-state index is 13.5. The lowest BCUT2D eigenvalue weighted by atomic mass is 9.75. The molecular weight excluding hydrogens is 547 g/mol. The van der Waals surface area contributed by atoms with Crippen LogP contribution in [0.4, 0.5) is 22.0 Å². The standard InChI is InChI=1S/C30H45F5N2O2S/c1-5-23-7-10-25(21(3)19-23)15-18-40(38,39)37-16-13-26(14-17-37)22(4)36-28(6-2)27-11-8-24(9-12-27)20-29(31,32)30(33,34)35/h7,10,19,24,26-28,36H,4-6,8-9,11-18,20H2,1-3H3. The van der Waals surface area contributed by atoms with Crippen LogP contribution in [0.3, 0.4) is 0 Å². The Morgan fingerprint density at radius 3 is 2.20 bits per heavy atom. The average molecular weight is 593 g/mol. The minimum Gasteiger partial charge on any atom is -0.386 e. The predicted octanol–water partition coefficient (Wildman–Crippen LogP) is 7.42. The summed E-state index contributed by atoms with van der Waals surface area (Å²) in [6.45, 7) is 11.3. The van der Waals surface area contributed by atoms with Crippen molar-refractivity contribution in [3.05, 3.63) is 47.2 Å². The molecule has 1 atom stereocenters. The van der Waals surface area contributed by atoms with Crippen LogP contribution in [0.2, 0.25) is 0 Å². The van der Waals surface area contributed by atoms with E-state index in [0.29, 0.717) is 58.0 Å². The normalized spacial score (nSPS) is 22.7. The maximum atomic E-state index is 13.5. The minimum absolute atomic E-state index is 0.0701. The zero-order valence-electron chi connectivity index (χ0n) is 24.0. The number of nitrogens with zero attached hydrogens (tertiary/aromatic N) is 1. The van der Waals surface area contributed by atoms with Crippen molar-refractivity contribution in [1.82, 2.24) is 9.62 Å². The first-order chi connectivity index (χ1) is 18.7. The molecule has 0 aromatic heterocycles. The number of halogens is 5. The molecule has 1 aliphatic heterocycles. The summed E-state index contributed by atoms with van der Waals surface area (Å²) in [4.78, 5) is 0. The van der Waals surface area contributed by atoms with E-state index in [2.05, 4.69) is 31.0 Å². The van der Waals surface area contributed by atoms with Gasteiger partial charge in [-0.2, -0.15) is 22.0 Å². The van der Waals surface area contributed by atoms with Crippen LogP contribution in [0, 0.1) is 24.7 Å². The monoisotopic (exact) mass is 592 g/mol. The number of nitrogens with one attached hydrogen (secondary N) is 1. The number of benzene rings is 1. The van der Waals surface area contributed by atoms with E-state index in [1.807, 2.05) is 19.9 Å². The summed E-state index contributed by atoms with van der Waals surface area (Å²) in [5.41, 5.74) is 4.28. The molecule has 3 rings (SSSR count). The molecule has 1 heterocycles. The fraction of sp³-hybridized carbons (Fsp3) is 0.733. The third-order valence-electron chi connectivity index (χ3n) is 9.02. The van der Waals surface area contributed by atoms with E-state index in [1.54, 1.807) is 4.31 Å². The van der Waals surface area contributed by atoms with Gasteiger partial charge in [0.05, 0.1) is 5.75 Å². The van der Waals surface area contributed by atoms with Crippen molar-refractivity contribution >= 4 is 10.0 Å². The number of allylic oxidation sites excluding steroid dienone is 1. The molecular formula is C30H45F5N2O2S. The quantitative estimate of drug-likeness (QED) is 0.257. The molecule has 1 unspecified atom stereocenters. The second-order valence-corrected chi connectivity index (χ2v) is 13.8. The first kappa shape index (κ1) is 32.8. The molecule has 0 spiro atoms. The number of hydrogen-bond donors (Lipinski definition) is 1. The Labute approximate surface area is 236 Å². The highest BCUT2D eigenvalue weighted by Gasteiger charge is 2.58. The molecule has 1 saturated carbocycles. The Balaban J connectivity index is 1.45. The summed E-state index contributed by atoms with van der Waals surface area (Å²) in [5, 5.41) is 3.52. The number of sulfonamides is 1. The third-order valence-corrected chi connectivity index (χ3v) is 10.9. The SMILES string of the molecule is C=C(NC(CC)C1CCC(CC(F)(F)C(F)(F)F)CC1)C1CCN(S(=O)(=O)CCc2ccc(CC)cc2C)CC1. The van der Waals surface area contributed by atoms with Crippen LogP contribution in [-0.4, -0.2) is 49.7 Å². The van der Waals surface area contributed by atoms with Crippen molar-refractivity contribution in [2.24, 2.45) is 17.8 Å². The Hall–Kier alpha value is -1.68. The number of hydrogen-bond acceptors (Lipinski definition) is 3. The fourth-order valence-electron chi connectivity index (χ4n) is 6.29. The third kappa shape index (κ3) is 8.43. The molecule has 228 valence electrons. The van der Waals surface area contributed by atoms with E-state index in [1.165, 1.54) is 5.56 Å². The largest absolute Gasteiger partial charge is 0.453 e. The molecule has 4 nitrogen and oxygen atoms in total. The molecule has 10 heteroatoms. The van der Waals surface area contributed by atoms with Gasteiger partial charge in [0.15, 0.2) is 0 Å². The Kier molecular flexibility index (Phi) is 11.1. The van der Waals surface area contributed by atoms with Gasteiger partial charge < -0.3 is 5.32 Å². The predicted molar refractivity (Wildman–Crippen MR) is 150 cm³/mol. The first-order valence-corrected chi connectivity index (χ1v) is 16.2. The van der Waals surface area contributed by atoms with Gasteiger partial charge in [-0.25, -0.2) is 12.7 Å². The van der Waals surface area contributed by atoms with Crippen LogP contribution in [0.15, 0.2) is 30.5 Å². The van der Waals surface area contributed by atoms with Crippen LogP contribution >= 0.6 is 0 Å². The topological polar surface area (TPSA) is 49.4 Å². The van der Waals surface area contributed by atoms with Gasteiger partial charge in [-0.1, -0.05) is 38.6 Å². The number of aryl methyl sites for hydroxylation is 3. The molecule has 1 aliphatic carbocycles. The van der Waals surface area contributed by atoms with Gasteiger partial charge in [0, 0.05) is 37.2 Å². The molecule has 0 bridgehead atoms. The zero-order chi connectivity index (χ0) is 29.7. The highest BCUT2D eigenvalue weighted by atomic mass is 32.2. The lowest BCUT2D eigenvalue weighted by Gasteiger charge is -2.38. The lowest BCUT2D eigenvalue weighted by molar-refractivity contribution is -0.288. The number of piperidine rings is 1. The molecule has 1 aromatic rings. The lowest BCUT2D eigenvalue weighted by Crippen LogP contribution is -2.44. The van der Waals surface area contributed by atoms with Crippen molar-refractivity contribution in [3.8, 4) is 0 Å². The Morgan fingerprint density at radius 2 is 1.68 bits per heavy atom. The molecule has 2 aliphatic rings. The first-order valence-electron chi connectivity index (χ1n) is 14.6. The fourth-order valence-corrected chi connectivity index (χ4v) is 7.79. The van der Waals surface area contributed by atoms with Crippen molar-refractivity contribution in [3.63, 3.8) is 0 Å². The van der Waals surface area contributed by atoms with Crippen molar-refractivity contribution in [1.29, 1.82) is 0 Å². The number of alkyl halides is 5. The molecule has 1 N–H and O–H groups in total. The summed E-state index contributed by atoms with van der Waals surface area (Å²) in [6.07, 6.45) is -1.13. The molecule has 2 fully saturated rings. The highest BCUT2D eigenvalue weighted by Crippen LogP contribution is 2.44. The second-order valence-electron chi connectivity index (χ2n) is 11.7. The second kappa shape index (κ2) is 13.5. The summed E-state index contributed by atoms with van der Waals surface area (Å²) in [7, 11) is -3.38. The zero-order valence-corrected chi connectivity index (χ0v) is 24.8. The highest BCUT2D eigenvalue weighted by molar-refractivity contribution is 7.89. The summed E-state index contributed by atoms with van der Waals surface area (Å²) in [5.74, 6) is -4.86. The Bertz CT molecular complexity index is 1090. The van der Waals surface area contributed by atoms with Gasteiger partial charge in [-0.05, 0) is 93.2 Å². The molecule has 40 heavy (non-hydrogen) atoms. The maximum Gasteiger partial charge on any atom is 0.453 e. The summed E-state index contributed by atoms with van der Waals surface area (Å²) < 4.78 is 92.5. The van der Waals surface area contributed by atoms with Crippen LogP contribution in [0.25, 0.3) is 0 Å². The number of rotatable bonds is 12. The van der Waals surface area contributed by atoms with Gasteiger partial charge in [0.2, 0.25) is 10.0 Å². The van der Waals surface area contributed by atoms with E-state index >= 15 is 0 Å². The van der Waals surface area contributed by atoms with E-state index in [-0.39, 0.29) is 23.6 Å². The van der Waals surface area contributed by atoms with E-state index in [0.717, 1.165) is 29.7 Å². The van der Waals surface area contributed by atoms with E-state index < -0.39 is 34.5 Å². The van der Waals surface area contributed by atoms with Gasteiger partial charge in [0.1, 0.15) is 0 Å². The summed E-state index contributed by atoms with van der Waals surface area (Å²) >= 11 is 0. The summed E-state index contributed by atoms with van der Waals surface area (Å²) in [6, 6.07) is 6.27. The van der Waals surface area contributed by atoms with Gasteiger partial charge in [-0.3, -0.25) is 0 Å². The van der Waals surface area contributed by atoms with Crippen molar-refractivity contribution < 1.29 is 30.4 Å². The van der Waals surface area contributed by atoms with E-state index in [4.69, 9.17) is 0 Å². The van der Waals surface area contributed by atoms with Gasteiger partial charge in [0.25, 0.3) is 0 Å². The van der Waals surface area contributed by atoms with Crippen LogP contribution < -0.4 is 5.32 Å². The van der Waals surface area contributed by atoms with Crippen LogP contribution in [0.1, 0.15) is 81.9 Å². The molecule has 1 saturated heterocycles. The molecule has 0 radical (unpaired) electrons. The van der Waals surface area contributed by atoms with Crippen molar-refractivity contribution in [2.75, 3.05) is 18.8 Å². The smallest absolute Gasteiger partial charge is 0.386 e. The Morgan fingerprint density at radius 1 is 1.05 bits per heavy atom. The average Bonchev–Trinajstić information content (AvgIpc) is 2.90. The minimum atomic E-state index is -5.50. The van der Waals surface area contributed by atoms with E-state index in [9.17, 15) is 30.4 Å². The van der Waals surface area contributed by atoms with Gasteiger partial charge in [-0.15, -0.1) is 0 Å². The van der Waals surface area contributed by atoms with Gasteiger partial charge >= 0.3 is 12.1 Å². The van der Waals surface area contributed by atoms with Crippen LogP contribution in [-0.2, 0) is 22.9 Å². The molecule has 0 amide bonds. The van der Waals surface area contributed by atoms with Crippen molar-refractivity contribution in [2.45, 2.75) is 103 Å².